The highest BCUT2D eigenvalue weighted by atomic mass is 19.4. The van der Waals surface area contributed by atoms with E-state index in [9.17, 15) is 23.1 Å². The van der Waals surface area contributed by atoms with E-state index in [1.54, 1.807) is 30.3 Å². The van der Waals surface area contributed by atoms with E-state index in [2.05, 4.69) is 0 Å². The fourth-order valence-corrected chi connectivity index (χ4v) is 6.20. The lowest BCUT2D eigenvalue weighted by Gasteiger charge is -2.31. The maximum Gasteiger partial charge on any atom is 0.417 e. The summed E-state index contributed by atoms with van der Waals surface area (Å²) in [7, 11) is 1.32. The molecule has 7 nitrogen and oxygen atoms in total. The predicted molar refractivity (Wildman–Crippen MR) is 150 cm³/mol. The number of alkyl halides is 3. The number of rotatable bonds is 8. The van der Waals surface area contributed by atoms with E-state index in [1.807, 2.05) is 0 Å². The second-order valence-corrected chi connectivity index (χ2v) is 11.5. The van der Waals surface area contributed by atoms with Crippen molar-refractivity contribution in [1.82, 2.24) is 0 Å². The van der Waals surface area contributed by atoms with Crippen LogP contribution in [0.2, 0.25) is 0 Å². The lowest BCUT2D eigenvalue weighted by Crippen LogP contribution is -2.41. The van der Waals surface area contributed by atoms with Crippen molar-refractivity contribution in [2.45, 2.75) is 55.9 Å². The number of halogens is 4. The van der Waals surface area contributed by atoms with Gasteiger partial charge in [-0.3, -0.25) is 4.79 Å². The van der Waals surface area contributed by atoms with Crippen molar-refractivity contribution in [3.05, 3.63) is 76.6 Å². The third-order valence-corrected chi connectivity index (χ3v) is 8.57. The van der Waals surface area contributed by atoms with Gasteiger partial charge < -0.3 is 28.8 Å². The molecule has 11 heteroatoms. The molecule has 234 valence electrons. The number of hydrogen-bond donors (Lipinski definition) is 1. The molecule has 1 N–H and O–H groups in total. The molecular formula is C33H32F4O7. The van der Waals surface area contributed by atoms with Gasteiger partial charge >= 0.3 is 12.1 Å². The van der Waals surface area contributed by atoms with E-state index in [1.165, 1.54) is 19.2 Å². The highest BCUT2D eigenvalue weighted by Gasteiger charge is 2.40. The molecule has 0 saturated carbocycles. The number of esters is 1. The van der Waals surface area contributed by atoms with Crippen LogP contribution in [0.3, 0.4) is 0 Å². The molecule has 6 rings (SSSR count). The lowest BCUT2D eigenvalue weighted by molar-refractivity contribution is -0.141. The van der Waals surface area contributed by atoms with Crippen LogP contribution in [0.15, 0.2) is 48.5 Å². The molecule has 2 aliphatic heterocycles. The van der Waals surface area contributed by atoms with Crippen LogP contribution in [-0.4, -0.2) is 50.2 Å². The summed E-state index contributed by atoms with van der Waals surface area (Å²) in [6.45, 7) is 1.19. The third kappa shape index (κ3) is 6.08. The first-order valence-electron chi connectivity index (χ1n) is 14.5. The molecule has 0 bridgehead atoms. The van der Waals surface area contributed by atoms with E-state index in [-0.39, 0.29) is 60.0 Å². The molecule has 3 aliphatic rings. The highest BCUT2D eigenvalue weighted by molar-refractivity contribution is 5.75. The summed E-state index contributed by atoms with van der Waals surface area (Å²) in [5.74, 6) is -0.172. The summed E-state index contributed by atoms with van der Waals surface area (Å²) in [5.41, 5.74) is -0.716. The van der Waals surface area contributed by atoms with E-state index in [4.69, 9.17) is 23.7 Å². The van der Waals surface area contributed by atoms with Crippen LogP contribution in [0.1, 0.15) is 60.0 Å². The zero-order valence-electron chi connectivity index (χ0n) is 24.0. The Morgan fingerprint density at radius 1 is 1.07 bits per heavy atom. The molecule has 2 unspecified atom stereocenters. The molecule has 1 aliphatic carbocycles. The van der Waals surface area contributed by atoms with Crippen LogP contribution in [0.25, 0.3) is 11.1 Å². The fourth-order valence-electron chi connectivity index (χ4n) is 6.20. The van der Waals surface area contributed by atoms with Crippen LogP contribution in [-0.2, 0) is 26.9 Å². The second-order valence-electron chi connectivity index (χ2n) is 11.5. The Bertz CT molecular complexity index is 1530. The van der Waals surface area contributed by atoms with Gasteiger partial charge in [0.25, 0.3) is 0 Å². The van der Waals surface area contributed by atoms with Crippen LogP contribution in [0, 0.1) is 5.82 Å². The van der Waals surface area contributed by atoms with Gasteiger partial charge in [-0.25, -0.2) is 4.39 Å². The van der Waals surface area contributed by atoms with Gasteiger partial charge in [0.2, 0.25) is 0 Å². The minimum Gasteiger partial charge on any atom is -0.492 e. The SMILES string of the molecule is COC(=O)CC1COc2cc(OC3CCc4c(-c5ccc(OCC6(O)CCOCC6)cc5)c(C(F)(F)F)cc(F)c43)ccc21. The number of hydrogen-bond acceptors (Lipinski definition) is 7. The zero-order valence-corrected chi connectivity index (χ0v) is 24.0. The van der Waals surface area contributed by atoms with Gasteiger partial charge in [0, 0.05) is 49.2 Å². The van der Waals surface area contributed by atoms with Crippen molar-refractivity contribution in [3.63, 3.8) is 0 Å². The molecular weight excluding hydrogens is 584 g/mol. The summed E-state index contributed by atoms with van der Waals surface area (Å²) in [6, 6.07) is 11.8. The molecule has 0 amide bonds. The third-order valence-electron chi connectivity index (χ3n) is 8.57. The standard InChI is InChI=1S/C33H32F4O7/c1-40-29(38)14-20-17-42-28-15-22(6-7-23(20)28)44-27-9-8-24-30(25(33(35,36)37)16-26(34)31(24)27)19-2-4-21(5-3-19)43-18-32(39)10-12-41-13-11-32/h2-7,15-16,20,27,39H,8-14,17-18H2,1H3. The highest BCUT2D eigenvalue weighted by Crippen LogP contribution is 2.48. The molecule has 1 saturated heterocycles. The van der Waals surface area contributed by atoms with Crippen LogP contribution >= 0.6 is 0 Å². The Hall–Kier alpha value is -3.83. The second kappa shape index (κ2) is 11.9. The fraction of sp³-hybridized carbons (Fsp3) is 0.424. The Labute approximate surface area is 251 Å². The molecule has 1 fully saturated rings. The zero-order chi connectivity index (χ0) is 31.1. The van der Waals surface area contributed by atoms with Gasteiger partial charge in [0.1, 0.15) is 41.4 Å². The summed E-state index contributed by atoms with van der Waals surface area (Å²) in [4.78, 5) is 11.7. The van der Waals surface area contributed by atoms with Gasteiger partial charge in [-0.2, -0.15) is 13.2 Å². The minimum absolute atomic E-state index is 0.0359. The number of benzene rings is 3. The van der Waals surface area contributed by atoms with Crippen molar-refractivity contribution in [3.8, 4) is 28.4 Å². The average molecular weight is 617 g/mol. The smallest absolute Gasteiger partial charge is 0.417 e. The van der Waals surface area contributed by atoms with E-state index >= 15 is 4.39 Å². The maximum atomic E-state index is 15.4. The molecule has 44 heavy (non-hydrogen) atoms. The molecule has 2 atom stereocenters. The first kappa shape index (κ1) is 30.2. The number of ether oxygens (including phenoxy) is 5. The number of fused-ring (bicyclic) bond motifs is 2. The minimum atomic E-state index is -4.79. The van der Waals surface area contributed by atoms with Gasteiger partial charge in [-0.1, -0.05) is 18.2 Å². The molecule has 0 spiro atoms. The predicted octanol–water partition coefficient (Wildman–Crippen LogP) is 6.54. The summed E-state index contributed by atoms with van der Waals surface area (Å²) >= 11 is 0. The topological polar surface area (TPSA) is 83.5 Å². The first-order valence-corrected chi connectivity index (χ1v) is 14.5. The summed E-state index contributed by atoms with van der Waals surface area (Å²) in [6.07, 6.45) is -4.10. The van der Waals surface area contributed by atoms with Gasteiger partial charge in [0.15, 0.2) is 0 Å². The number of carbonyl (C=O) groups excluding carboxylic acids is 1. The number of carbonyl (C=O) groups is 1. The van der Waals surface area contributed by atoms with Crippen LogP contribution in [0.4, 0.5) is 17.6 Å². The maximum absolute atomic E-state index is 15.4. The summed E-state index contributed by atoms with van der Waals surface area (Å²) in [5, 5.41) is 10.7. The Morgan fingerprint density at radius 3 is 2.50 bits per heavy atom. The average Bonchev–Trinajstić information content (AvgIpc) is 3.60. The van der Waals surface area contributed by atoms with E-state index in [0.717, 1.165) is 5.56 Å². The largest absolute Gasteiger partial charge is 0.492 e. The summed E-state index contributed by atoms with van der Waals surface area (Å²) < 4.78 is 85.8. The van der Waals surface area contributed by atoms with Crippen molar-refractivity contribution < 1.29 is 51.1 Å². The van der Waals surface area contributed by atoms with Crippen molar-refractivity contribution in [2.24, 2.45) is 0 Å². The molecule has 2 heterocycles. The van der Waals surface area contributed by atoms with Crippen molar-refractivity contribution in [2.75, 3.05) is 33.5 Å². The quantitative estimate of drug-likeness (QED) is 0.227. The van der Waals surface area contributed by atoms with E-state index < -0.39 is 29.3 Å². The molecule has 3 aromatic carbocycles. The molecule has 0 aromatic heterocycles. The van der Waals surface area contributed by atoms with Crippen LogP contribution in [0.5, 0.6) is 17.2 Å². The normalized spacial score (nSPS) is 20.4. The Kier molecular flexibility index (Phi) is 8.19. The van der Waals surface area contributed by atoms with Gasteiger partial charge in [-0.05, 0) is 53.8 Å². The monoisotopic (exact) mass is 616 g/mol. The Morgan fingerprint density at radius 2 is 1.80 bits per heavy atom. The Balaban J connectivity index is 1.26. The van der Waals surface area contributed by atoms with Crippen molar-refractivity contribution >= 4 is 5.97 Å². The van der Waals surface area contributed by atoms with Gasteiger partial charge in [-0.15, -0.1) is 0 Å². The van der Waals surface area contributed by atoms with Gasteiger partial charge in [0.05, 0.1) is 25.7 Å². The number of methoxy groups -OCH3 is 1. The van der Waals surface area contributed by atoms with E-state index in [0.29, 0.717) is 56.0 Å². The first-order chi connectivity index (χ1) is 21.0. The van der Waals surface area contributed by atoms with Crippen molar-refractivity contribution in [1.29, 1.82) is 0 Å². The lowest BCUT2D eigenvalue weighted by atomic mass is 9.91. The molecule has 3 aromatic rings. The number of aliphatic hydroxyl groups is 1. The van der Waals surface area contributed by atoms with Crippen LogP contribution < -0.4 is 14.2 Å². The molecule has 0 radical (unpaired) electrons.